The van der Waals surface area contributed by atoms with Gasteiger partial charge in [-0.1, -0.05) is 29.6 Å². The summed E-state index contributed by atoms with van der Waals surface area (Å²) < 4.78 is 0. The lowest BCUT2D eigenvalue weighted by atomic mass is 9.65. The van der Waals surface area contributed by atoms with Crippen LogP contribution in [0, 0.1) is 0 Å². The van der Waals surface area contributed by atoms with E-state index in [1.165, 1.54) is 0 Å². The van der Waals surface area contributed by atoms with Crippen LogP contribution in [0.5, 0.6) is 0 Å². The molecule has 0 amide bonds. The Bertz CT molecular complexity index is 340. The predicted molar refractivity (Wildman–Crippen MR) is 59.1 cm³/mol. The van der Waals surface area contributed by atoms with Crippen LogP contribution >= 0.6 is 23.2 Å². The Balaban J connectivity index is 2.43. The summed E-state index contributed by atoms with van der Waals surface area (Å²) in [5, 5.41) is 10.8. The van der Waals surface area contributed by atoms with Crippen LogP contribution in [0.2, 0.25) is 10.0 Å². The van der Waals surface area contributed by atoms with Gasteiger partial charge in [-0.2, -0.15) is 0 Å². The van der Waals surface area contributed by atoms with E-state index in [4.69, 9.17) is 23.2 Å². The molecule has 0 aliphatic heterocycles. The second-order valence-electron chi connectivity index (χ2n) is 3.92. The largest absolute Gasteiger partial charge is 0.395 e. The number of hydrogen-bond donors (Lipinski definition) is 1. The van der Waals surface area contributed by atoms with Gasteiger partial charge in [-0.25, -0.2) is 0 Å². The predicted octanol–water partition coefficient (Wildman–Crippen LogP) is 3.41. The Morgan fingerprint density at radius 3 is 2.50 bits per heavy atom. The molecule has 76 valence electrons. The van der Waals surface area contributed by atoms with Gasteiger partial charge in [0.15, 0.2) is 0 Å². The van der Waals surface area contributed by atoms with Crippen LogP contribution in [0.15, 0.2) is 18.2 Å². The Labute approximate surface area is 93.7 Å². The molecule has 2 rings (SSSR count). The van der Waals surface area contributed by atoms with Gasteiger partial charge in [0, 0.05) is 15.5 Å². The summed E-state index contributed by atoms with van der Waals surface area (Å²) in [7, 11) is 0. The third-order valence-electron chi connectivity index (χ3n) is 3.11. The van der Waals surface area contributed by atoms with E-state index in [-0.39, 0.29) is 12.0 Å². The smallest absolute Gasteiger partial charge is 0.0528 e. The maximum Gasteiger partial charge on any atom is 0.0528 e. The second kappa shape index (κ2) is 3.73. The molecule has 0 bridgehead atoms. The highest BCUT2D eigenvalue weighted by Gasteiger charge is 2.39. The van der Waals surface area contributed by atoms with Crippen molar-refractivity contribution in [2.45, 2.75) is 24.7 Å². The maximum atomic E-state index is 9.40. The van der Waals surface area contributed by atoms with Gasteiger partial charge in [0.1, 0.15) is 0 Å². The van der Waals surface area contributed by atoms with Crippen LogP contribution in [0.25, 0.3) is 0 Å². The van der Waals surface area contributed by atoms with Gasteiger partial charge in [0.05, 0.1) is 6.61 Å². The van der Waals surface area contributed by atoms with Crippen LogP contribution in [0.3, 0.4) is 0 Å². The molecule has 1 aromatic carbocycles. The lowest BCUT2D eigenvalue weighted by molar-refractivity contribution is 0.120. The molecule has 1 aromatic rings. The summed E-state index contributed by atoms with van der Waals surface area (Å²) in [6.07, 6.45) is 3.16. The molecule has 1 fully saturated rings. The van der Waals surface area contributed by atoms with Gasteiger partial charge in [-0.05, 0) is 36.6 Å². The minimum absolute atomic E-state index is 0.123. The second-order valence-corrected chi connectivity index (χ2v) is 4.76. The van der Waals surface area contributed by atoms with Crippen molar-refractivity contribution in [2.24, 2.45) is 0 Å². The van der Waals surface area contributed by atoms with Crippen LogP contribution < -0.4 is 0 Å². The number of aliphatic hydroxyl groups excluding tert-OH is 1. The topological polar surface area (TPSA) is 20.2 Å². The van der Waals surface area contributed by atoms with Crippen LogP contribution in [-0.2, 0) is 5.41 Å². The van der Waals surface area contributed by atoms with Crippen molar-refractivity contribution in [3.05, 3.63) is 33.8 Å². The van der Waals surface area contributed by atoms with Gasteiger partial charge < -0.3 is 5.11 Å². The fourth-order valence-corrected chi connectivity index (χ4v) is 2.51. The standard InChI is InChI=1S/C11H12Cl2O/c12-8-2-3-10(13)9(6-8)11(7-14)4-1-5-11/h2-3,6,14H,1,4-5,7H2. The maximum absolute atomic E-state index is 9.40. The van der Waals surface area contributed by atoms with E-state index in [2.05, 4.69) is 0 Å². The first-order chi connectivity index (χ1) is 6.68. The summed E-state index contributed by atoms with van der Waals surface area (Å²) in [6.45, 7) is 0.160. The van der Waals surface area contributed by atoms with Crippen molar-refractivity contribution in [1.29, 1.82) is 0 Å². The highest BCUT2D eigenvalue weighted by atomic mass is 35.5. The van der Waals surface area contributed by atoms with Crippen molar-refractivity contribution in [2.75, 3.05) is 6.61 Å². The SMILES string of the molecule is OCC1(c2cc(Cl)ccc2Cl)CCC1. The highest BCUT2D eigenvalue weighted by molar-refractivity contribution is 6.33. The van der Waals surface area contributed by atoms with Crippen LogP contribution in [-0.4, -0.2) is 11.7 Å². The molecular formula is C11H12Cl2O. The highest BCUT2D eigenvalue weighted by Crippen LogP contribution is 2.46. The molecule has 0 heterocycles. The van der Waals surface area contributed by atoms with E-state index in [9.17, 15) is 5.11 Å². The minimum Gasteiger partial charge on any atom is -0.395 e. The summed E-state index contributed by atoms with van der Waals surface area (Å²) in [5.74, 6) is 0. The average Bonchev–Trinajstić information content (AvgIpc) is 2.10. The van der Waals surface area contributed by atoms with E-state index in [0.717, 1.165) is 24.8 Å². The summed E-state index contributed by atoms with van der Waals surface area (Å²) in [6, 6.07) is 5.45. The molecule has 14 heavy (non-hydrogen) atoms. The van der Waals surface area contributed by atoms with E-state index in [1.807, 2.05) is 6.07 Å². The molecule has 0 spiro atoms. The van der Waals surface area contributed by atoms with E-state index in [1.54, 1.807) is 12.1 Å². The Morgan fingerprint density at radius 2 is 2.00 bits per heavy atom. The van der Waals surface area contributed by atoms with Crippen LogP contribution in [0.4, 0.5) is 0 Å². The van der Waals surface area contributed by atoms with Crippen molar-refractivity contribution >= 4 is 23.2 Å². The van der Waals surface area contributed by atoms with Crippen LogP contribution in [0.1, 0.15) is 24.8 Å². The van der Waals surface area contributed by atoms with Crippen molar-refractivity contribution < 1.29 is 5.11 Å². The molecule has 0 saturated heterocycles. The van der Waals surface area contributed by atoms with E-state index >= 15 is 0 Å². The monoisotopic (exact) mass is 230 g/mol. The zero-order valence-electron chi connectivity index (χ0n) is 7.76. The lowest BCUT2D eigenvalue weighted by Crippen LogP contribution is -2.38. The number of hydrogen-bond acceptors (Lipinski definition) is 1. The van der Waals surface area contributed by atoms with Gasteiger partial charge >= 0.3 is 0 Å². The quantitative estimate of drug-likeness (QED) is 0.826. The zero-order chi connectivity index (χ0) is 10.2. The van der Waals surface area contributed by atoms with Crippen molar-refractivity contribution in [1.82, 2.24) is 0 Å². The van der Waals surface area contributed by atoms with Crippen molar-refractivity contribution in [3.63, 3.8) is 0 Å². The van der Waals surface area contributed by atoms with Crippen molar-refractivity contribution in [3.8, 4) is 0 Å². The molecule has 1 aliphatic carbocycles. The lowest BCUT2D eigenvalue weighted by Gasteiger charge is -2.41. The number of benzene rings is 1. The van der Waals surface area contributed by atoms with E-state index in [0.29, 0.717) is 10.0 Å². The molecular weight excluding hydrogens is 219 g/mol. The third kappa shape index (κ3) is 1.54. The van der Waals surface area contributed by atoms with Gasteiger partial charge in [0.25, 0.3) is 0 Å². The van der Waals surface area contributed by atoms with E-state index < -0.39 is 0 Å². The molecule has 0 atom stereocenters. The average molecular weight is 231 g/mol. The molecule has 1 saturated carbocycles. The number of halogens is 2. The molecule has 0 radical (unpaired) electrons. The Hall–Kier alpha value is -0.240. The summed E-state index contributed by atoms with van der Waals surface area (Å²) >= 11 is 12.0. The molecule has 0 aromatic heterocycles. The Morgan fingerprint density at radius 1 is 1.29 bits per heavy atom. The van der Waals surface area contributed by atoms with Gasteiger partial charge in [-0.15, -0.1) is 0 Å². The summed E-state index contributed by atoms with van der Waals surface area (Å²) in [4.78, 5) is 0. The number of aliphatic hydroxyl groups is 1. The third-order valence-corrected chi connectivity index (χ3v) is 3.68. The van der Waals surface area contributed by atoms with Gasteiger partial charge in [-0.3, -0.25) is 0 Å². The molecule has 0 unspecified atom stereocenters. The zero-order valence-corrected chi connectivity index (χ0v) is 9.28. The Kier molecular flexibility index (Phi) is 2.74. The molecule has 1 N–H and O–H groups in total. The first kappa shape index (κ1) is 10.3. The summed E-state index contributed by atoms with van der Waals surface area (Å²) in [5.41, 5.74) is 0.877. The first-order valence-corrected chi connectivity index (χ1v) is 5.50. The molecule has 3 heteroatoms. The minimum atomic E-state index is -0.123. The molecule has 1 aliphatic rings. The first-order valence-electron chi connectivity index (χ1n) is 4.74. The fourth-order valence-electron chi connectivity index (χ4n) is 2.02. The molecule has 1 nitrogen and oxygen atoms in total. The fraction of sp³-hybridized carbons (Fsp3) is 0.455. The normalized spacial score (nSPS) is 19.1. The number of rotatable bonds is 2. The van der Waals surface area contributed by atoms with Gasteiger partial charge in [0.2, 0.25) is 0 Å².